The summed E-state index contributed by atoms with van der Waals surface area (Å²) in [5, 5.41) is 12.0. The van der Waals surface area contributed by atoms with E-state index in [-0.39, 0.29) is 19.4 Å². The molecule has 1 aliphatic heterocycles. The highest BCUT2D eigenvalue weighted by atomic mass is 32.1. The van der Waals surface area contributed by atoms with Crippen molar-refractivity contribution in [2.75, 3.05) is 19.7 Å². The van der Waals surface area contributed by atoms with Crippen molar-refractivity contribution in [3.63, 3.8) is 0 Å². The number of ether oxygens (including phenoxy) is 1. The summed E-state index contributed by atoms with van der Waals surface area (Å²) in [5.74, 6) is -0.362. The Balaban J connectivity index is 0.00000353. The number of benzene rings is 3. The lowest BCUT2D eigenvalue weighted by Crippen LogP contribution is -2.40. The standard InChI is InChI=1S/C32H34N2O3S.H2S/c33-21-29-14-15-30(38-29)26-10-7-13-28(20-26)32(36,27-11-5-2-6-12-27)31(35)37-23-25-16-18-34(19-17-25)22-24-8-3-1-4-9-24;/h1-15,20,25,36H,16-19,21-23,33H2;1H2/t32-;/m0./s1. The molecule has 0 unspecified atom stereocenters. The second kappa shape index (κ2) is 13.4. The molecule has 1 atom stereocenters. The number of piperidine rings is 1. The zero-order chi connectivity index (χ0) is 26.4. The largest absolute Gasteiger partial charge is 0.463 e. The summed E-state index contributed by atoms with van der Waals surface area (Å²) in [4.78, 5) is 18.2. The molecular formula is C32H36N2O3S2. The molecule has 3 N–H and O–H groups in total. The van der Waals surface area contributed by atoms with E-state index in [2.05, 4.69) is 29.2 Å². The van der Waals surface area contributed by atoms with E-state index >= 15 is 0 Å². The van der Waals surface area contributed by atoms with Gasteiger partial charge in [-0.3, -0.25) is 4.90 Å². The highest BCUT2D eigenvalue weighted by Gasteiger charge is 2.42. The minimum absolute atomic E-state index is 0. The van der Waals surface area contributed by atoms with Crippen LogP contribution in [0.1, 0.15) is 34.4 Å². The zero-order valence-corrected chi connectivity index (χ0v) is 23.8. The molecule has 1 aromatic heterocycles. The summed E-state index contributed by atoms with van der Waals surface area (Å²) in [7, 11) is 0. The van der Waals surface area contributed by atoms with Gasteiger partial charge in [-0.15, -0.1) is 11.3 Å². The minimum Gasteiger partial charge on any atom is -0.463 e. The number of thiophene rings is 1. The van der Waals surface area contributed by atoms with E-state index in [4.69, 9.17) is 10.5 Å². The molecule has 1 fully saturated rings. The first-order chi connectivity index (χ1) is 18.6. The van der Waals surface area contributed by atoms with E-state index in [1.54, 1.807) is 29.5 Å². The normalized spacial score (nSPS) is 15.7. The van der Waals surface area contributed by atoms with Gasteiger partial charge in [0.1, 0.15) is 0 Å². The number of nitrogens with two attached hydrogens (primary N) is 1. The van der Waals surface area contributed by atoms with Gasteiger partial charge in [0, 0.05) is 28.4 Å². The smallest absolute Gasteiger partial charge is 0.347 e. The molecule has 7 heteroatoms. The molecule has 0 saturated carbocycles. The molecule has 0 spiro atoms. The van der Waals surface area contributed by atoms with Gasteiger partial charge >= 0.3 is 5.97 Å². The van der Waals surface area contributed by atoms with Crippen LogP contribution in [0, 0.1) is 5.92 Å². The van der Waals surface area contributed by atoms with Gasteiger partial charge in [-0.05, 0) is 66.7 Å². The Morgan fingerprint density at radius 3 is 2.26 bits per heavy atom. The summed E-state index contributed by atoms with van der Waals surface area (Å²) in [6, 6.07) is 31.1. The third kappa shape index (κ3) is 6.80. The number of hydrogen-bond acceptors (Lipinski definition) is 6. The van der Waals surface area contributed by atoms with Crippen molar-refractivity contribution < 1.29 is 14.6 Å². The summed E-state index contributed by atoms with van der Waals surface area (Å²) in [5.41, 5.74) is 7.13. The fourth-order valence-electron chi connectivity index (χ4n) is 5.07. The van der Waals surface area contributed by atoms with Crippen molar-refractivity contribution in [3.8, 4) is 10.4 Å². The minimum atomic E-state index is -1.90. The molecule has 4 aromatic rings. The molecule has 5 rings (SSSR count). The SMILES string of the molecule is NCc1ccc(-c2cccc([C@](O)(C(=O)OCC3CCN(Cc4ccccc4)CC3)c3ccccc3)c2)s1.S. The number of likely N-dealkylation sites (tertiary alicyclic amines) is 1. The van der Waals surface area contributed by atoms with Crippen LogP contribution >= 0.6 is 24.8 Å². The van der Waals surface area contributed by atoms with Crippen LogP contribution in [0.2, 0.25) is 0 Å². The number of esters is 1. The summed E-state index contributed by atoms with van der Waals surface area (Å²) < 4.78 is 5.85. The molecule has 3 aromatic carbocycles. The van der Waals surface area contributed by atoms with Crippen LogP contribution in [-0.4, -0.2) is 35.7 Å². The third-order valence-corrected chi connectivity index (χ3v) is 8.48. The van der Waals surface area contributed by atoms with Crippen molar-refractivity contribution in [2.45, 2.75) is 31.5 Å². The van der Waals surface area contributed by atoms with Crippen molar-refractivity contribution in [1.29, 1.82) is 0 Å². The maximum Gasteiger partial charge on any atom is 0.347 e. The molecule has 1 aliphatic rings. The van der Waals surface area contributed by atoms with Crippen LogP contribution in [-0.2, 0) is 28.2 Å². The van der Waals surface area contributed by atoms with Crippen molar-refractivity contribution in [2.24, 2.45) is 11.7 Å². The van der Waals surface area contributed by atoms with E-state index in [1.165, 1.54) is 5.56 Å². The summed E-state index contributed by atoms with van der Waals surface area (Å²) in [6.07, 6.45) is 1.92. The predicted molar refractivity (Wildman–Crippen MR) is 163 cm³/mol. The molecule has 204 valence electrons. The highest BCUT2D eigenvalue weighted by molar-refractivity contribution is 7.59. The molecule has 39 heavy (non-hydrogen) atoms. The van der Waals surface area contributed by atoms with E-state index in [1.807, 2.05) is 54.6 Å². The van der Waals surface area contributed by atoms with E-state index < -0.39 is 11.6 Å². The second-order valence-electron chi connectivity index (χ2n) is 9.93. The lowest BCUT2D eigenvalue weighted by atomic mass is 9.85. The van der Waals surface area contributed by atoms with Gasteiger partial charge in [-0.1, -0.05) is 78.9 Å². The molecular weight excluding hydrogens is 524 g/mol. The number of carbonyl (C=O) groups is 1. The van der Waals surface area contributed by atoms with Crippen LogP contribution < -0.4 is 5.73 Å². The number of hydrogen-bond donors (Lipinski definition) is 2. The van der Waals surface area contributed by atoms with Gasteiger partial charge in [-0.25, -0.2) is 4.79 Å². The molecule has 1 saturated heterocycles. The first-order valence-electron chi connectivity index (χ1n) is 13.2. The topological polar surface area (TPSA) is 75.8 Å². The number of carbonyl (C=O) groups excluding carboxylic acids is 1. The quantitative estimate of drug-likeness (QED) is 0.258. The molecule has 2 heterocycles. The van der Waals surface area contributed by atoms with Crippen LogP contribution in [0.5, 0.6) is 0 Å². The van der Waals surface area contributed by atoms with Gasteiger partial charge in [-0.2, -0.15) is 13.5 Å². The van der Waals surface area contributed by atoms with Gasteiger partial charge in [0.05, 0.1) is 6.61 Å². The van der Waals surface area contributed by atoms with Gasteiger partial charge in [0.15, 0.2) is 0 Å². The van der Waals surface area contributed by atoms with Crippen molar-refractivity contribution in [1.82, 2.24) is 4.90 Å². The molecule has 0 radical (unpaired) electrons. The highest BCUT2D eigenvalue weighted by Crippen LogP contribution is 2.36. The predicted octanol–water partition coefficient (Wildman–Crippen LogP) is 5.68. The van der Waals surface area contributed by atoms with E-state index in [0.29, 0.717) is 24.3 Å². The van der Waals surface area contributed by atoms with Crippen molar-refractivity contribution in [3.05, 3.63) is 119 Å². The van der Waals surface area contributed by atoms with E-state index in [9.17, 15) is 9.90 Å². The van der Waals surface area contributed by atoms with Gasteiger partial charge in [0.25, 0.3) is 0 Å². The second-order valence-corrected chi connectivity index (χ2v) is 11.1. The number of nitrogens with zero attached hydrogens (tertiary/aromatic N) is 1. The fraction of sp³-hybridized carbons (Fsp3) is 0.281. The molecule has 0 bridgehead atoms. The van der Waals surface area contributed by atoms with Crippen LogP contribution in [0.4, 0.5) is 0 Å². The zero-order valence-electron chi connectivity index (χ0n) is 22.0. The number of rotatable bonds is 9. The van der Waals surface area contributed by atoms with E-state index in [0.717, 1.165) is 47.8 Å². The first-order valence-corrected chi connectivity index (χ1v) is 14.0. The summed E-state index contributed by atoms with van der Waals surface area (Å²) >= 11 is 1.61. The Morgan fingerprint density at radius 2 is 1.59 bits per heavy atom. The van der Waals surface area contributed by atoms with Gasteiger partial charge < -0.3 is 15.6 Å². The van der Waals surface area contributed by atoms with Crippen molar-refractivity contribution >= 4 is 30.8 Å². The molecule has 0 amide bonds. The Hall–Kier alpha value is -2.94. The van der Waals surface area contributed by atoms with Crippen LogP contribution in [0.25, 0.3) is 10.4 Å². The van der Waals surface area contributed by atoms with Crippen LogP contribution in [0.3, 0.4) is 0 Å². The lowest BCUT2D eigenvalue weighted by molar-refractivity contribution is -0.164. The maximum atomic E-state index is 13.6. The Labute approximate surface area is 241 Å². The fourth-order valence-corrected chi connectivity index (χ4v) is 5.96. The maximum absolute atomic E-state index is 13.6. The van der Waals surface area contributed by atoms with Gasteiger partial charge in [0.2, 0.25) is 5.60 Å². The molecule has 0 aliphatic carbocycles. The monoisotopic (exact) mass is 560 g/mol. The lowest BCUT2D eigenvalue weighted by Gasteiger charge is -2.33. The Kier molecular flexibility index (Phi) is 9.99. The average Bonchev–Trinajstić information content (AvgIpc) is 3.47. The summed E-state index contributed by atoms with van der Waals surface area (Å²) in [6.45, 7) is 3.66. The average molecular weight is 561 g/mol. The number of aliphatic hydroxyl groups is 1. The van der Waals surface area contributed by atoms with Crippen LogP contribution in [0.15, 0.2) is 97.1 Å². The molecule has 5 nitrogen and oxygen atoms in total. The Morgan fingerprint density at radius 1 is 0.923 bits per heavy atom. The first kappa shape index (κ1) is 29.1. The third-order valence-electron chi connectivity index (χ3n) is 7.32. The Bertz CT molecular complexity index is 1340.